The Hall–Kier alpha value is -1.77. The Labute approximate surface area is 108 Å². The molecule has 0 aliphatic carbocycles. The van der Waals surface area contributed by atoms with E-state index in [1.807, 2.05) is 42.4 Å². The minimum atomic E-state index is 0.0864. The molecule has 0 radical (unpaired) electrons. The summed E-state index contributed by atoms with van der Waals surface area (Å²) in [5.41, 5.74) is 1.68. The zero-order chi connectivity index (χ0) is 13.1. The fourth-order valence-electron chi connectivity index (χ4n) is 2.15. The first-order chi connectivity index (χ1) is 8.63. The average Bonchev–Trinajstić information content (AvgIpc) is 2.85. The molecule has 96 valence electrons. The zero-order valence-electron chi connectivity index (χ0n) is 11.2. The lowest BCUT2D eigenvalue weighted by Gasteiger charge is -2.21. The van der Waals surface area contributed by atoms with Gasteiger partial charge in [-0.15, -0.1) is 0 Å². The van der Waals surface area contributed by atoms with Crippen LogP contribution in [0.15, 0.2) is 30.5 Å². The highest BCUT2D eigenvalue weighted by Crippen LogP contribution is 2.18. The Morgan fingerprint density at radius 2 is 2.17 bits per heavy atom. The fourth-order valence-corrected chi connectivity index (χ4v) is 2.15. The van der Waals surface area contributed by atoms with Gasteiger partial charge in [0.15, 0.2) is 0 Å². The number of nitrogens with zero attached hydrogens (tertiary/aromatic N) is 1. The standard InChI is InChI=1S/C15H20N2O/c1-4-11(2)10-17(3)15(18)13-7-5-6-12-8-9-16-14(12)13/h5-9,11,16H,4,10H2,1-3H3. The van der Waals surface area contributed by atoms with Crippen LogP contribution in [-0.2, 0) is 0 Å². The average molecular weight is 244 g/mol. The van der Waals surface area contributed by atoms with Gasteiger partial charge < -0.3 is 9.88 Å². The van der Waals surface area contributed by atoms with E-state index in [1.54, 1.807) is 0 Å². The van der Waals surface area contributed by atoms with Crippen LogP contribution in [0, 0.1) is 5.92 Å². The number of amides is 1. The van der Waals surface area contributed by atoms with Gasteiger partial charge in [-0.2, -0.15) is 0 Å². The van der Waals surface area contributed by atoms with Gasteiger partial charge in [0.05, 0.1) is 11.1 Å². The number of carbonyl (C=O) groups is 1. The maximum atomic E-state index is 12.4. The zero-order valence-corrected chi connectivity index (χ0v) is 11.2. The van der Waals surface area contributed by atoms with Crippen molar-refractivity contribution in [3.8, 4) is 0 Å². The van der Waals surface area contributed by atoms with Gasteiger partial charge in [0.25, 0.3) is 5.91 Å². The van der Waals surface area contributed by atoms with E-state index in [0.717, 1.165) is 29.4 Å². The van der Waals surface area contributed by atoms with Crippen molar-refractivity contribution >= 4 is 16.8 Å². The van der Waals surface area contributed by atoms with Crippen molar-refractivity contribution in [2.75, 3.05) is 13.6 Å². The van der Waals surface area contributed by atoms with Crippen LogP contribution in [0.3, 0.4) is 0 Å². The smallest absolute Gasteiger partial charge is 0.255 e. The molecular formula is C15H20N2O. The van der Waals surface area contributed by atoms with E-state index >= 15 is 0 Å². The molecule has 1 heterocycles. The Balaban J connectivity index is 2.25. The summed E-state index contributed by atoms with van der Waals surface area (Å²) < 4.78 is 0. The SMILES string of the molecule is CCC(C)CN(C)C(=O)c1cccc2cc[nH]c12. The molecule has 0 aliphatic heterocycles. The van der Waals surface area contributed by atoms with Crippen molar-refractivity contribution < 1.29 is 4.79 Å². The lowest BCUT2D eigenvalue weighted by atomic mass is 10.1. The number of para-hydroxylation sites is 1. The molecule has 0 bridgehead atoms. The van der Waals surface area contributed by atoms with E-state index in [-0.39, 0.29) is 5.91 Å². The van der Waals surface area contributed by atoms with Crippen LogP contribution in [0.1, 0.15) is 30.6 Å². The van der Waals surface area contributed by atoms with Crippen LogP contribution in [-0.4, -0.2) is 29.4 Å². The van der Waals surface area contributed by atoms with E-state index in [0.29, 0.717) is 5.92 Å². The highest BCUT2D eigenvalue weighted by molar-refractivity contribution is 6.05. The second kappa shape index (κ2) is 5.25. The van der Waals surface area contributed by atoms with Crippen molar-refractivity contribution in [1.82, 2.24) is 9.88 Å². The number of hydrogen-bond donors (Lipinski definition) is 1. The highest BCUT2D eigenvalue weighted by atomic mass is 16.2. The lowest BCUT2D eigenvalue weighted by Crippen LogP contribution is -2.31. The number of rotatable bonds is 4. The van der Waals surface area contributed by atoms with Crippen LogP contribution in [0.4, 0.5) is 0 Å². The number of fused-ring (bicyclic) bond motifs is 1. The molecule has 1 N–H and O–H groups in total. The molecule has 2 rings (SSSR count). The predicted octanol–water partition coefficient (Wildman–Crippen LogP) is 3.29. The molecule has 0 fully saturated rings. The molecule has 2 aromatic rings. The van der Waals surface area contributed by atoms with Gasteiger partial charge in [-0.1, -0.05) is 32.4 Å². The first kappa shape index (κ1) is 12.7. The molecule has 1 unspecified atom stereocenters. The number of benzene rings is 1. The summed E-state index contributed by atoms with van der Waals surface area (Å²) in [5, 5.41) is 1.08. The topological polar surface area (TPSA) is 36.1 Å². The van der Waals surface area contributed by atoms with Crippen molar-refractivity contribution in [2.45, 2.75) is 20.3 Å². The Kier molecular flexibility index (Phi) is 3.70. The number of aromatic amines is 1. The van der Waals surface area contributed by atoms with Gasteiger partial charge in [-0.25, -0.2) is 0 Å². The molecule has 1 atom stereocenters. The van der Waals surface area contributed by atoms with E-state index < -0.39 is 0 Å². The number of nitrogens with one attached hydrogen (secondary N) is 1. The molecule has 3 heteroatoms. The fraction of sp³-hybridized carbons (Fsp3) is 0.400. The molecule has 1 aromatic heterocycles. The molecule has 18 heavy (non-hydrogen) atoms. The normalized spacial score (nSPS) is 12.6. The maximum Gasteiger partial charge on any atom is 0.255 e. The van der Waals surface area contributed by atoms with Crippen molar-refractivity contribution in [3.63, 3.8) is 0 Å². The van der Waals surface area contributed by atoms with Gasteiger partial charge in [0.1, 0.15) is 0 Å². The quantitative estimate of drug-likeness (QED) is 0.880. The van der Waals surface area contributed by atoms with Crippen LogP contribution in [0.5, 0.6) is 0 Å². The van der Waals surface area contributed by atoms with Gasteiger partial charge in [0.2, 0.25) is 0 Å². The monoisotopic (exact) mass is 244 g/mol. The summed E-state index contributed by atoms with van der Waals surface area (Å²) in [7, 11) is 1.87. The predicted molar refractivity (Wildman–Crippen MR) is 74.7 cm³/mol. The minimum absolute atomic E-state index is 0.0864. The minimum Gasteiger partial charge on any atom is -0.361 e. The maximum absolute atomic E-state index is 12.4. The van der Waals surface area contributed by atoms with Crippen LogP contribution < -0.4 is 0 Å². The summed E-state index contributed by atoms with van der Waals surface area (Å²) in [6.07, 6.45) is 2.96. The van der Waals surface area contributed by atoms with Gasteiger partial charge in [-0.05, 0) is 18.1 Å². The van der Waals surface area contributed by atoms with Gasteiger partial charge >= 0.3 is 0 Å². The number of aromatic nitrogens is 1. The summed E-state index contributed by atoms with van der Waals surface area (Å²) in [4.78, 5) is 17.4. The Morgan fingerprint density at radius 1 is 1.39 bits per heavy atom. The molecule has 1 aromatic carbocycles. The Bertz CT molecular complexity index is 544. The van der Waals surface area contributed by atoms with E-state index in [9.17, 15) is 4.79 Å². The van der Waals surface area contributed by atoms with Gasteiger partial charge in [-0.3, -0.25) is 4.79 Å². The molecule has 0 saturated heterocycles. The molecule has 0 aliphatic rings. The van der Waals surface area contributed by atoms with E-state index in [4.69, 9.17) is 0 Å². The third-order valence-electron chi connectivity index (χ3n) is 3.45. The Morgan fingerprint density at radius 3 is 2.89 bits per heavy atom. The third kappa shape index (κ3) is 2.40. The molecule has 1 amide bonds. The summed E-state index contributed by atoms with van der Waals surface area (Å²) in [5.74, 6) is 0.616. The van der Waals surface area contributed by atoms with Crippen molar-refractivity contribution in [2.24, 2.45) is 5.92 Å². The molecule has 3 nitrogen and oxygen atoms in total. The lowest BCUT2D eigenvalue weighted by molar-refractivity contribution is 0.0776. The number of carbonyl (C=O) groups excluding carboxylic acids is 1. The van der Waals surface area contributed by atoms with Crippen LogP contribution >= 0.6 is 0 Å². The number of hydrogen-bond acceptors (Lipinski definition) is 1. The summed E-state index contributed by atoms with van der Waals surface area (Å²) >= 11 is 0. The van der Waals surface area contributed by atoms with E-state index in [1.165, 1.54) is 0 Å². The third-order valence-corrected chi connectivity index (χ3v) is 3.45. The molecule has 0 saturated carbocycles. The van der Waals surface area contributed by atoms with Gasteiger partial charge in [0, 0.05) is 25.2 Å². The largest absolute Gasteiger partial charge is 0.361 e. The summed E-state index contributed by atoms with van der Waals surface area (Å²) in [6, 6.07) is 7.81. The highest BCUT2D eigenvalue weighted by Gasteiger charge is 2.16. The van der Waals surface area contributed by atoms with Crippen LogP contribution in [0.2, 0.25) is 0 Å². The molecular weight excluding hydrogens is 224 g/mol. The van der Waals surface area contributed by atoms with Crippen molar-refractivity contribution in [1.29, 1.82) is 0 Å². The van der Waals surface area contributed by atoms with E-state index in [2.05, 4.69) is 18.8 Å². The number of H-pyrrole nitrogens is 1. The summed E-state index contributed by atoms with van der Waals surface area (Å²) in [6.45, 7) is 5.11. The first-order valence-electron chi connectivity index (χ1n) is 6.45. The second-order valence-electron chi connectivity index (χ2n) is 4.95. The second-order valence-corrected chi connectivity index (χ2v) is 4.95. The van der Waals surface area contributed by atoms with Crippen molar-refractivity contribution in [3.05, 3.63) is 36.0 Å². The first-order valence-corrected chi connectivity index (χ1v) is 6.45. The van der Waals surface area contributed by atoms with Crippen LogP contribution in [0.25, 0.3) is 10.9 Å². The molecule has 0 spiro atoms.